The summed E-state index contributed by atoms with van der Waals surface area (Å²) < 4.78 is 0. The minimum absolute atomic E-state index is 0.126. The summed E-state index contributed by atoms with van der Waals surface area (Å²) in [6.07, 6.45) is 4.30. The van der Waals surface area contributed by atoms with Gasteiger partial charge in [0.25, 0.3) is 5.24 Å². The Kier molecular flexibility index (Phi) is 7.29. The number of hydroxylamine groups is 1. The second-order valence-corrected chi connectivity index (χ2v) is 3.10. The highest BCUT2D eigenvalue weighted by Crippen LogP contribution is 2.06. The smallest absolute Gasteiger partial charge is 0.270 e. The number of thiol groups is 1. The summed E-state index contributed by atoms with van der Waals surface area (Å²) in [5.41, 5.74) is 2.23. The lowest BCUT2D eigenvalue weighted by Crippen LogP contribution is -2.25. The van der Waals surface area contributed by atoms with Gasteiger partial charge in [-0.1, -0.05) is 39.3 Å². The van der Waals surface area contributed by atoms with Gasteiger partial charge in [-0.2, -0.15) is 0 Å². The molecule has 0 aliphatic rings. The number of carbonyl (C=O) groups is 1. The summed E-state index contributed by atoms with van der Waals surface area (Å²) in [6, 6.07) is 0. The van der Waals surface area contributed by atoms with E-state index < -0.39 is 5.24 Å². The second-order valence-electron chi connectivity index (χ2n) is 2.70. The number of nitrogens with one attached hydrogen (secondary N) is 1. The van der Waals surface area contributed by atoms with E-state index in [1.165, 1.54) is 0 Å². The van der Waals surface area contributed by atoms with Crippen LogP contribution in [0.2, 0.25) is 0 Å². The molecule has 72 valence electrons. The highest BCUT2D eigenvalue weighted by molar-refractivity contribution is 7.96. The van der Waals surface area contributed by atoms with Crippen molar-refractivity contribution < 1.29 is 9.63 Å². The quantitative estimate of drug-likeness (QED) is 0.500. The number of hydrogen-bond donors (Lipinski definition) is 2. The van der Waals surface area contributed by atoms with Gasteiger partial charge in [0.1, 0.15) is 0 Å². The molecule has 0 aliphatic carbocycles. The molecule has 1 unspecified atom stereocenters. The Labute approximate surface area is 79.2 Å². The van der Waals surface area contributed by atoms with Crippen LogP contribution < -0.4 is 5.48 Å². The lowest BCUT2D eigenvalue weighted by atomic mass is 10.1. The summed E-state index contributed by atoms with van der Waals surface area (Å²) >= 11 is 3.53. The van der Waals surface area contributed by atoms with E-state index in [-0.39, 0.29) is 6.10 Å². The molecule has 4 heteroatoms. The normalized spacial score (nSPS) is 12.6. The number of rotatable bonds is 6. The van der Waals surface area contributed by atoms with E-state index in [0.29, 0.717) is 0 Å². The van der Waals surface area contributed by atoms with E-state index in [9.17, 15) is 4.79 Å². The van der Waals surface area contributed by atoms with Gasteiger partial charge >= 0.3 is 0 Å². The van der Waals surface area contributed by atoms with Crippen molar-refractivity contribution in [3.63, 3.8) is 0 Å². The first-order chi connectivity index (χ1) is 5.70. The predicted molar refractivity (Wildman–Crippen MR) is 52.2 cm³/mol. The van der Waals surface area contributed by atoms with Crippen LogP contribution in [-0.2, 0) is 4.84 Å². The number of hydrogen-bond acceptors (Lipinski definition) is 2. The summed E-state index contributed by atoms with van der Waals surface area (Å²) in [6.45, 7) is 4.16. The van der Waals surface area contributed by atoms with E-state index in [4.69, 9.17) is 4.84 Å². The summed E-state index contributed by atoms with van der Waals surface area (Å²) in [5, 5.41) is -0.440. The van der Waals surface area contributed by atoms with Crippen LogP contribution in [0.3, 0.4) is 0 Å². The first kappa shape index (κ1) is 11.8. The van der Waals surface area contributed by atoms with Crippen molar-refractivity contribution in [2.45, 2.75) is 45.6 Å². The Balaban J connectivity index is 3.45. The molecule has 0 bridgehead atoms. The van der Waals surface area contributed by atoms with Crippen LogP contribution in [0.15, 0.2) is 0 Å². The molecule has 0 fully saturated rings. The number of unbranched alkanes of at least 4 members (excludes halogenated alkanes) is 1. The summed E-state index contributed by atoms with van der Waals surface area (Å²) in [4.78, 5) is 15.4. The maximum absolute atomic E-state index is 10.4. The van der Waals surface area contributed by atoms with Gasteiger partial charge in [0.2, 0.25) is 0 Å². The largest absolute Gasteiger partial charge is 0.299 e. The molecule has 0 aromatic rings. The van der Waals surface area contributed by atoms with Crippen molar-refractivity contribution in [2.75, 3.05) is 0 Å². The fraction of sp³-hybridized carbons (Fsp3) is 0.875. The first-order valence-corrected chi connectivity index (χ1v) is 4.80. The van der Waals surface area contributed by atoms with Crippen LogP contribution >= 0.6 is 12.6 Å². The van der Waals surface area contributed by atoms with Crippen molar-refractivity contribution in [3.8, 4) is 0 Å². The zero-order valence-electron chi connectivity index (χ0n) is 7.67. The van der Waals surface area contributed by atoms with Crippen LogP contribution in [0.5, 0.6) is 0 Å². The third-order valence-electron chi connectivity index (χ3n) is 1.65. The van der Waals surface area contributed by atoms with E-state index in [1.54, 1.807) is 0 Å². The van der Waals surface area contributed by atoms with Crippen molar-refractivity contribution >= 4 is 17.9 Å². The van der Waals surface area contributed by atoms with Crippen molar-refractivity contribution in [2.24, 2.45) is 0 Å². The average Bonchev–Trinajstić information content (AvgIpc) is 2.05. The summed E-state index contributed by atoms with van der Waals surface area (Å²) in [7, 11) is 0. The minimum atomic E-state index is -0.440. The molecule has 0 heterocycles. The lowest BCUT2D eigenvalue weighted by molar-refractivity contribution is -0.00550. The Hall–Kier alpha value is -0.220. The van der Waals surface area contributed by atoms with Gasteiger partial charge in [-0.3, -0.25) is 9.63 Å². The highest BCUT2D eigenvalue weighted by Gasteiger charge is 2.06. The van der Waals surface area contributed by atoms with Gasteiger partial charge in [0.05, 0.1) is 6.10 Å². The van der Waals surface area contributed by atoms with Crippen LogP contribution in [0, 0.1) is 0 Å². The van der Waals surface area contributed by atoms with Crippen LogP contribution in [0.1, 0.15) is 39.5 Å². The number of carbonyl (C=O) groups excluding carboxylic acids is 1. The van der Waals surface area contributed by atoms with Gasteiger partial charge in [-0.05, 0) is 12.8 Å². The van der Waals surface area contributed by atoms with Crippen molar-refractivity contribution in [1.29, 1.82) is 0 Å². The topological polar surface area (TPSA) is 38.3 Å². The Morgan fingerprint density at radius 3 is 2.67 bits per heavy atom. The zero-order chi connectivity index (χ0) is 9.40. The van der Waals surface area contributed by atoms with E-state index in [2.05, 4.69) is 25.0 Å². The van der Waals surface area contributed by atoms with Gasteiger partial charge in [-0.15, -0.1) is 0 Å². The van der Waals surface area contributed by atoms with E-state index in [0.717, 1.165) is 25.7 Å². The third kappa shape index (κ3) is 6.49. The van der Waals surface area contributed by atoms with Gasteiger partial charge in [0, 0.05) is 0 Å². The molecule has 1 N–H and O–H groups in total. The zero-order valence-corrected chi connectivity index (χ0v) is 8.56. The minimum Gasteiger partial charge on any atom is -0.270 e. The summed E-state index contributed by atoms with van der Waals surface area (Å²) in [5.74, 6) is 0. The van der Waals surface area contributed by atoms with E-state index in [1.807, 2.05) is 6.92 Å². The SMILES string of the molecule is CCCCC(CC)ONC(=O)S. The van der Waals surface area contributed by atoms with E-state index >= 15 is 0 Å². The molecule has 0 saturated heterocycles. The molecule has 1 amide bonds. The van der Waals surface area contributed by atoms with Crippen LogP contribution in [0.25, 0.3) is 0 Å². The molecular weight excluding hydrogens is 174 g/mol. The Morgan fingerprint density at radius 1 is 1.58 bits per heavy atom. The number of amides is 1. The molecular formula is C8H17NO2S. The van der Waals surface area contributed by atoms with Gasteiger partial charge in [-0.25, -0.2) is 5.48 Å². The molecule has 0 saturated carbocycles. The van der Waals surface area contributed by atoms with Crippen molar-refractivity contribution in [3.05, 3.63) is 0 Å². The van der Waals surface area contributed by atoms with Gasteiger partial charge < -0.3 is 0 Å². The fourth-order valence-electron chi connectivity index (χ4n) is 0.912. The molecule has 0 aromatic heterocycles. The maximum atomic E-state index is 10.4. The average molecular weight is 191 g/mol. The molecule has 0 radical (unpaired) electrons. The molecule has 0 aliphatic heterocycles. The molecule has 3 nitrogen and oxygen atoms in total. The maximum Gasteiger partial charge on any atom is 0.299 e. The Morgan fingerprint density at radius 2 is 2.25 bits per heavy atom. The van der Waals surface area contributed by atoms with Crippen LogP contribution in [0.4, 0.5) is 4.79 Å². The molecule has 1 atom stereocenters. The molecule has 0 spiro atoms. The third-order valence-corrected chi connectivity index (χ3v) is 1.74. The standard InChI is InChI=1S/C8H17NO2S/c1-3-5-6-7(4-2)11-9-8(10)12/h7H,3-6H2,1-2H3,(H2,9,10,12). The molecule has 0 aromatic carbocycles. The Bertz CT molecular complexity index is 130. The highest BCUT2D eigenvalue weighted by atomic mass is 32.1. The first-order valence-electron chi connectivity index (χ1n) is 4.35. The van der Waals surface area contributed by atoms with Crippen molar-refractivity contribution in [1.82, 2.24) is 5.48 Å². The monoisotopic (exact) mass is 191 g/mol. The molecule has 12 heavy (non-hydrogen) atoms. The van der Waals surface area contributed by atoms with Crippen LogP contribution in [-0.4, -0.2) is 11.3 Å². The van der Waals surface area contributed by atoms with Gasteiger partial charge in [0.15, 0.2) is 0 Å². The fourth-order valence-corrected chi connectivity index (χ4v) is 0.965. The predicted octanol–water partition coefficient (Wildman–Crippen LogP) is 2.53. The second kappa shape index (κ2) is 7.43. The lowest BCUT2D eigenvalue weighted by Gasteiger charge is -2.13. The molecule has 0 rings (SSSR count).